The lowest BCUT2D eigenvalue weighted by Crippen LogP contribution is -2.26. The lowest BCUT2D eigenvalue weighted by atomic mass is 10.3. The van der Waals surface area contributed by atoms with Gasteiger partial charge in [0.05, 0.1) is 11.6 Å². The van der Waals surface area contributed by atoms with E-state index >= 15 is 0 Å². The maximum absolute atomic E-state index is 11.4. The van der Waals surface area contributed by atoms with Crippen molar-refractivity contribution in [2.24, 2.45) is 0 Å². The van der Waals surface area contributed by atoms with Gasteiger partial charge in [0.1, 0.15) is 5.75 Å². The van der Waals surface area contributed by atoms with E-state index in [0.717, 1.165) is 6.42 Å². The first-order valence-electron chi connectivity index (χ1n) is 5.23. The topological polar surface area (TPSA) is 35.5 Å². The number of carbonyl (C=O) groups is 1. The van der Waals surface area contributed by atoms with Crippen molar-refractivity contribution in [1.82, 2.24) is 0 Å². The van der Waals surface area contributed by atoms with Gasteiger partial charge in [-0.05, 0) is 25.5 Å². The molecule has 1 atom stereocenters. The number of rotatable bonds is 5. The molecule has 0 aliphatic heterocycles. The smallest absolute Gasteiger partial charge is 0.347 e. The fourth-order valence-electron chi connectivity index (χ4n) is 1.10. The number of hydrogen-bond acceptors (Lipinski definition) is 3. The highest BCUT2D eigenvalue weighted by Crippen LogP contribution is 2.24. The molecular formula is C12H15ClO3. The highest BCUT2D eigenvalue weighted by atomic mass is 35.5. The summed E-state index contributed by atoms with van der Waals surface area (Å²) in [7, 11) is 0. The van der Waals surface area contributed by atoms with E-state index in [9.17, 15) is 4.79 Å². The van der Waals surface area contributed by atoms with Crippen molar-refractivity contribution in [2.75, 3.05) is 6.61 Å². The van der Waals surface area contributed by atoms with Crippen LogP contribution in [0, 0.1) is 0 Å². The standard InChI is InChI=1S/C12H15ClO3/c1-3-8-15-12(14)9(2)16-11-7-5-4-6-10(11)13/h4-7,9H,3,8H2,1-2H3. The number of ether oxygens (including phenoxy) is 2. The number of esters is 1. The van der Waals surface area contributed by atoms with E-state index in [1.807, 2.05) is 6.92 Å². The van der Waals surface area contributed by atoms with Crippen LogP contribution in [0.3, 0.4) is 0 Å². The maximum atomic E-state index is 11.4. The Morgan fingerprint density at radius 3 is 2.75 bits per heavy atom. The van der Waals surface area contributed by atoms with Crippen LogP contribution in [0.1, 0.15) is 20.3 Å². The molecule has 0 radical (unpaired) electrons. The van der Waals surface area contributed by atoms with Crippen molar-refractivity contribution >= 4 is 17.6 Å². The fourth-order valence-corrected chi connectivity index (χ4v) is 1.28. The Balaban J connectivity index is 2.54. The first-order valence-corrected chi connectivity index (χ1v) is 5.60. The van der Waals surface area contributed by atoms with Gasteiger partial charge in [-0.25, -0.2) is 4.79 Å². The van der Waals surface area contributed by atoms with Crippen molar-refractivity contribution in [1.29, 1.82) is 0 Å². The van der Waals surface area contributed by atoms with Crippen LogP contribution in [0.5, 0.6) is 5.75 Å². The highest BCUT2D eigenvalue weighted by Gasteiger charge is 2.16. The Labute approximate surface area is 100 Å². The summed E-state index contributed by atoms with van der Waals surface area (Å²) in [5.41, 5.74) is 0. The van der Waals surface area contributed by atoms with Crippen LogP contribution < -0.4 is 4.74 Å². The van der Waals surface area contributed by atoms with Crippen LogP contribution in [0.2, 0.25) is 5.02 Å². The second-order valence-electron chi connectivity index (χ2n) is 3.36. The van der Waals surface area contributed by atoms with Crippen LogP contribution >= 0.6 is 11.6 Å². The third-order valence-electron chi connectivity index (χ3n) is 1.92. The van der Waals surface area contributed by atoms with E-state index in [-0.39, 0.29) is 5.97 Å². The van der Waals surface area contributed by atoms with Crippen molar-refractivity contribution < 1.29 is 14.3 Å². The summed E-state index contributed by atoms with van der Waals surface area (Å²) >= 11 is 5.90. The fraction of sp³-hybridized carbons (Fsp3) is 0.417. The SMILES string of the molecule is CCCOC(=O)C(C)Oc1ccccc1Cl. The molecule has 1 aromatic rings. The monoisotopic (exact) mass is 242 g/mol. The molecule has 0 N–H and O–H groups in total. The van der Waals surface area contributed by atoms with Crippen LogP contribution in [0.25, 0.3) is 0 Å². The van der Waals surface area contributed by atoms with Gasteiger partial charge in [0.25, 0.3) is 0 Å². The number of para-hydroxylation sites is 1. The average molecular weight is 243 g/mol. The molecule has 4 heteroatoms. The summed E-state index contributed by atoms with van der Waals surface area (Å²) in [5.74, 6) is 0.117. The molecule has 1 aromatic carbocycles. The zero-order chi connectivity index (χ0) is 12.0. The quantitative estimate of drug-likeness (QED) is 0.745. The predicted molar refractivity (Wildman–Crippen MR) is 62.8 cm³/mol. The van der Waals surface area contributed by atoms with E-state index in [1.54, 1.807) is 31.2 Å². The number of halogens is 1. The van der Waals surface area contributed by atoms with E-state index in [2.05, 4.69) is 0 Å². The second kappa shape index (κ2) is 6.38. The number of hydrogen-bond donors (Lipinski definition) is 0. The van der Waals surface area contributed by atoms with Crippen LogP contribution in [-0.4, -0.2) is 18.7 Å². The average Bonchev–Trinajstić information content (AvgIpc) is 2.28. The first-order chi connectivity index (χ1) is 7.65. The van der Waals surface area contributed by atoms with Crippen molar-refractivity contribution in [3.63, 3.8) is 0 Å². The van der Waals surface area contributed by atoms with Crippen molar-refractivity contribution in [3.05, 3.63) is 29.3 Å². The van der Waals surface area contributed by atoms with Gasteiger partial charge in [-0.2, -0.15) is 0 Å². The zero-order valence-electron chi connectivity index (χ0n) is 9.40. The molecule has 0 spiro atoms. The van der Waals surface area contributed by atoms with Crippen LogP contribution in [0.4, 0.5) is 0 Å². The molecule has 16 heavy (non-hydrogen) atoms. The lowest BCUT2D eigenvalue weighted by molar-refractivity contribution is -0.151. The second-order valence-corrected chi connectivity index (χ2v) is 3.77. The molecule has 0 bridgehead atoms. The maximum Gasteiger partial charge on any atom is 0.347 e. The van der Waals surface area contributed by atoms with Gasteiger partial charge in [-0.15, -0.1) is 0 Å². The largest absolute Gasteiger partial charge is 0.477 e. The minimum absolute atomic E-state index is 0.373. The van der Waals surface area contributed by atoms with Crippen LogP contribution in [-0.2, 0) is 9.53 Å². The van der Waals surface area contributed by atoms with Gasteiger partial charge in [-0.1, -0.05) is 30.7 Å². The normalized spacial score (nSPS) is 11.9. The molecule has 0 aliphatic carbocycles. The molecular weight excluding hydrogens is 228 g/mol. The Hall–Kier alpha value is -1.22. The molecule has 3 nitrogen and oxygen atoms in total. The van der Waals surface area contributed by atoms with Gasteiger partial charge in [0, 0.05) is 0 Å². The number of carbonyl (C=O) groups excluding carboxylic acids is 1. The lowest BCUT2D eigenvalue weighted by Gasteiger charge is -2.14. The zero-order valence-corrected chi connectivity index (χ0v) is 10.2. The molecule has 0 saturated carbocycles. The highest BCUT2D eigenvalue weighted by molar-refractivity contribution is 6.32. The molecule has 0 fully saturated rings. The third kappa shape index (κ3) is 3.74. The molecule has 1 rings (SSSR count). The van der Waals surface area contributed by atoms with Gasteiger partial charge < -0.3 is 9.47 Å². The Morgan fingerprint density at radius 1 is 1.44 bits per heavy atom. The van der Waals surface area contributed by atoms with E-state index in [4.69, 9.17) is 21.1 Å². The van der Waals surface area contributed by atoms with Crippen LogP contribution in [0.15, 0.2) is 24.3 Å². The minimum atomic E-state index is -0.647. The summed E-state index contributed by atoms with van der Waals surface area (Å²) in [6, 6.07) is 7.02. The molecule has 0 aliphatic rings. The van der Waals surface area contributed by atoms with E-state index in [1.165, 1.54) is 0 Å². The third-order valence-corrected chi connectivity index (χ3v) is 2.23. The minimum Gasteiger partial charge on any atom is -0.477 e. The van der Waals surface area contributed by atoms with E-state index < -0.39 is 6.10 Å². The van der Waals surface area contributed by atoms with Gasteiger partial charge >= 0.3 is 5.97 Å². The van der Waals surface area contributed by atoms with Gasteiger partial charge in [0.15, 0.2) is 6.10 Å². The Kier molecular flexibility index (Phi) is 5.12. The molecule has 1 unspecified atom stereocenters. The summed E-state index contributed by atoms with van der Waals surface area (Å²) in [6.45, 7) is 3.99. The molecule has 0 aromatic heterocycles. The van der Waals surface area contributed by atoms with Gasteiger partial charge in [-0.3, -0.25) is 0 Å². The Bertz CT molecular complexity index is 352. The van der Waals surface area contributed by atoms with E-state index in [0.29, 0.717) is 17.4 Å². The number of benzene rings is 1. The molecule has 0 saturated heterocycles. The molecule has 0 amide bonds. The summed E-state index contributed by atoms with van der Waals surface area (Å²) in [5, 5.41) is 0.484. The first kappa shape index (κ1) is 12.8. The van der Waals surface area contributed by atoms with Crippen molar-refractivity contribution in [3.8, 4) is 5.75 Å². The summed E-state index contributed by atoms with van der Waals surface area (Å²) in [4.78, 5) is 11.4. The summed E-state index contributed by atoms with van der Waals surface area (Å²) in [6.07, 6.45) is 0.149. The summed E-state index contributed by atoms with van der Waals surface area (Å²) < 4.78 is 10.4. The predicted octanol–water partition coefficient (Wildman–Crippen LogP) is 3.06. The molecule has 0 heterocycles. The Morgan fingerprint density at radius 2 is 2.12 bits per heavy atom. The van der Waals surface area contributed by atoms with Crippen molar-refractivity contribution in [2.45, 2.75) is 26.4 Å². The molecule has 88 valence electrons. The van der Waals surface area contributed by atoms with Gasteiger partial charge in [0.2, 0.25) is 0 Å².